The van der Waals surface area contributed by atoms with Gasteiger partial charge in [0.05, 0.1) is 24.6 Å². The first kappa shape index (κ1) is 23.4. The second-order valence-electron chi connectivity index (χ2n) is 6.83. The van der Waals surface area contributed by atoms with Gasteiger partial charge in [-0.15, -0.1) is 5.10 Å². The fourth-order valence-electron chi connectivity index (χ4n) is 2.97. The molecule has 4 aromatic rings. The highest BCUT2D eigenvalue weighted by Gasteiger charge is 2.36. The molecule has 0 bridgehead atoms. The molecule has 0 saturated carbocycles. The highest BCUT2D eigenvalue weighted by atomic mass is 35.5. The topological polar surface area (TPSA) is 90.1 Å². The molecule has 13 heteroatoms. The Morgan fingerprint density at radius 3 is 2.47 bits per heavy atom. The van der Waals surface area contributed by atoms with Gasteiger partial charge in [0.1, 0.15) is 0 Å². The predicted octanol–water partition coefficient (Wildman–Crippen LogP) is 5.13. The first-order valence-electron chi connectivity index (χ1n) is 9.51. The molecule has 0 aliphatic heterocycles. The molecular weight excluding hydrogens is 493 g/mol. The van der Waals surface area contributed by atoms with Gasteiger partial charge in [0.2, 0.25) is 4.77 Å². The molecule has 0 spiro atoms. The molecule has 2 heterocycles. The number of rotatable bonds is 5. The number of methoxy groups -OCH3 is 1. The Morgan fingerprint density at radius 2 is 1.85 bits per heavy atom. The van der Waals surface area contributed by atoms with E-state index in [0.717, 1.165) is 15.4 Å². The molecule has 2 aromatic heterocycles. The molecule has 0 radical (unpaired) electrons. The number of H-pyrrole nitrogens is 1. The van der Waals surface area contributed by atoms with Gasteiger partial charge in [0.15, 0.2) is 5.69 Å². The van der Waals surface area contributed by atoms with Crippen LogP contribution < -0.4 is 0 Å². The number of nitrogens with one attached hydrogen (secondary N) is 1. The summed E-state index contributed by atoms with van der Waals surface area (Å²) in [5, 5.41) is 14.9. The first-order chi connectivity index (χ1) is 16.2. The summed E-state index contributed by atoms with van der Waals surface area (Å²) in [6.07, 6.45) is -3.28. The number of halogens is 4. The fourth-order valence-corrected chi connectivity index (χ4v) is 3.27. The number of carbonyl (C=O) groups excluding carboxylic acids is 1. The zero-order valence-electron chi connectivity index (χ0n) is 17.2. The number of ether oxygens (including phenoxy) is 1. The quantitative estimate of drug-likeness (QED) is 0.230. The minimum atomic E-state index is -4.69. The standard InChI is InChI=1S/C21H14ClF3N6O2S/c1-33-18(32)14-4-2-12(3-5-14)11-26-31-19(27-28-20(31)34)30-16(10-17(29-30)21(23,24)25)13-6-8-15(22)9-7-13/h2-11H,1H3,(H,28,34)/b26-11-. The lowest BCUT2D eigenvalue weighted by molar-refractivity contribution is -0.141. The molecule has 34 heavy (non-hydrogen) atoms. The maximum absolute atomic E-state index is 13.5. The average molecular weight is 507 g/mol. The van der Waals surface area contributed by atoms with Crippen LogP contribution in [0.3, 0.4) is 0 Å². The summed E-state index contributed by atoms with van der Waals surface area (Å²) in [4.78, 5) is 11.6. The molecular formula is C21H14ClF3N6O2S. The van der Waals surface area contributed by atoms with Crippen LogP contribution in [0.15, 0.2) is 59.7 Å². The van der Waals surface area contributed by atoms with Crippen molar-refractivity contribution in [1.29, 1.82) is 0 Å². The van der Waals surface area contributed by atoms with Crippen molar-refractivity contribution in [2.75, 3.05) is 7.11 Å². The number of esters is 1. The number of hydrogen-bond donors (Lipinski definition) is 1. The van der Waals surface area contributed by atoms with Gasteiger partial charge in [-0.1, -0.05) is 35.9 Å². The lowest BCUT2D eigenvalue weighted by atomic mass is 10.1. The van der Waals surface area contributed by atoms with Crippen LogP contribution in [0.5, 0.6) is 0 Å². The lowest BCUT2D eigenvalue weighted by Gasteiger charge is -2.06. The van der Waals surface area contributed by atoms with Crippen LogP contribution in [0.2, 0.25) is 5.02 Å². The van der Waals surface area contributed by atoms with Gasteiger partial charge in [0, 0.05) is 10.6 Å². The van der Waals surface area contributed by atoms with Crippen molar-refractivity contribution in [3.63, 3.8) is 0 Å². The van der Waals surface area contributed by atoms with Gasteiger partial charge in [-0.05, 0) is 48.1 Å². The number of carbonyl (C=O) groups is 1. The first-order valence-corrected chi connectivity index (χ1v) is 10.3. The average Bonchev–Trinajstić information content (AvgIpc) is 3.42. The van der Waals surface area contributed by atoms with Crippen molar-refractivity contribution in [2.45, 2.75) is 6.18 Å². The fraction of sp³-hybridized carbons (Fsp3) is 0.0952. The molecule has 174 valence electrons. The smallest absolute Gasteiger partial charge is 0.435 e. The Bertz CT molecular complexity index is 1420. The van der Waals surface area contributed by atoms with Gasteiger partial charge in [0.25, 0.3) is 5.95 Å². The van der Waals surface area contributed by atoms with Gasteiger partial charge in [-0.25, -0.2) is 9.89 Å². The van der Waals surface area contributed by atoms with Crippen LogP contribution in [0.25, 0.3) is 17.2 Å². The van der Waals surface area contributed by atoms with E-state index in [0.29, 0.717) is 21.7 Å². The third kappa shape index (κ3) is 4.77. The zero-order valence-corrected chi connectivity index (χ0v) is 18.8. The van der Waals surface area contributed by atoms with E-state index in [4.69, 9.17) is 23.8 Å². The second kappa shape index (κ2) is 9.23. The van der Waals surface area contributed by atoms with E-state index in [9.17, 15) is 18.0 Å². The molecule has 0 aliphatic carbocycles. The highest BCUT2D eigenvalue weighted by Crippen LogP contribution is 2.33. The van der Waals surface area contributed by atoms with Crippen molar-refractivity contribution in [2.24, 2.45) is 5.10 Å². The van der Waals surface area contributed by atoms with E-state index in [1.54, 1.807) is 48.5 Å². The van der Waals surface area contributed by atoms with Crippen molar-refractivity contribution >= 4 is 36.0 Å². The summed E-state index contributed by atoms with van der Waals surface area (Å²) in [7, 11) is 1.28. The highest BCUT2D eigenvalue weighted by molar-refractivity contribution is 7.71. The molecule has 2 aromatic carbocycles. The van der Waals surface area contributed by atoms with Gasteiger partial charge >= 0.3 is 12.1 Å². The minimum absolute atomic E-state index is 0.0311. The van der Waals surface area contributed by atoms with E-state index in [-0.39, 0.29) is 16.4 Å². The molecule has 0 amide bonds. The van der Waals surface area contributed by atoms with Gasteiger partial charge in [-0.2, -0.15) is 32.7 Å². The summed E-state index contributed by atoms with van der Waals surface area (Å²) in [5.41, 5.74) is 0.368. The number of aromatic nitrogens is 5. The van der Waals surface area contributed by atoms with E-state index < -0.39 is 17.8 Å². The number of aromatic amines is 1. The van der Waals surface area contributed by atoms with Crippen LogP contribution in [0.4, 0.5) is 13.2 Å². The molecule has 0 saturated heterocycles. The molecule has 0 fully saturated rings. The molecule has 8 nitrogen and oxygen atoms in total. The van der Waals surface area contributed by atoms with E-state index >= 15 is 0 Å². The van der Waals surface area contributed by atoms with Crippen molar-refractivity contribution < 1.29 is 22.7 Å². The monoisotopic (exact) mass is 506 g/mol. The summed E-state index contributed by atoms with van der Waals surface area (Å²) in [6.45, 7) is 0. The van der Waals surface area contributed by atoms with Crippen LogP contribution in [-0.4, -0.2) is 43.9 Å². The molecule has 0 aliphatic rings. The SMILES string of the molecule is COC(=O)c1ccc(/C=N\n2c(-n3nc(C(F)(F)F)cc3-c3ccc(Cl)cc3)n[nH]c2=S)cc1. The van der Waals surface area contributed by atoms with Crippen LogP contribution in [0.1, 0.15) is 21.6 Å². The summed E-state index contributed by atoms with van der Waals surface area (Å²) in [5.74, 6) is -0.579. The second-order valence-corrected chi connectivity index (χ2v) is 7.65. The summed E-state index contributed by atoms with van der Waals surface area (Å²) >= 11 is 11.1. The van der Waals surface area contributed by atoms with Crippen molar-refractivity contribution in [3.05, 3.63) is 81.2 Å². The number of nitrogens with zero attached hydrogens (tertiary/aromatic N) is 5. The Hall–Kier alpha value is -3.77. The van der Waals surface area contributed by atoms with Crippen LogP contribution in [0, 0.1) is 4.77 Å². The number of benzene rings is 2. The van der Waals surface area contributed by atoms with Gasteiger partial charge < -0.3 is 4.74 Å². The lowest BCUT2D eigenvalue weighted by Crippen LogP contribution is -2.10. The summed E-state index contributed by atoms with van der Waals surface area (Å²) < 4.78 is 47.2. The third-order valence-corrected chi connectivity index (χ3v) is 5.13. The summed E-state index contributed by atoms with van der Waals surface area (Å²) in [6, 6.07) is 13.5. The van der Waals surface area contributed by atoms with Crippen LogP contribution >= 0.6 is 23.8 Å². The largest absolute Gasteiger partial charge is 0.465 e. The number of alkyl halides is 3. The van der Waals surface area contributed by atoms with Crippen molar-refractivity contribution in [1.82, 2.24) is 24.7 Å². The Labute approximate surface area is 200 Å². The van der Waals surface area contributed by atoms with E-state index in [2.05, 4.69) is 25.1 Å². The molecule has 4 rings (SSSR count). The maximum Gasteiger partial charge on any atom is 0.435 e. The van der Waals surface area contributed by atoms with Crippen LogP contribution in [-0.2, 0) is 10.9 Å². The van der Waals surface area contributed by atoms with Gasteiger partial charge in [-0.3, -0.25) is 0 Å². The Morgan fingerprint density at radius 1 is 1.18 bits per heavy atom. The third-order valence-electron chi connectivity index (χ3n) is 4.62. The Kier molecular flexibility index (Phi) is 6.35. The van der Waals surface area contributed by atoms with Crippen molar-refractivity contribution in [3.8, 4) is 17.2 Å². The Balaban J connectivity index is 1.77. The minimum Gasteiger partial charge on any atom is -0.465 e. The molecule has 0 atom stereocenters. The predicted molar refractivity (Wildman–Crippen MR) is 121 cm³/mol. The maximum atomic E-state index is 13.5. The molecule has 0 unspecified atom stereocenters. The van der Waals surface area contributed by atoms with E-state index in [1.165, 1.54) is 13.3 Å². The number of hydrogen-bond acceptors (Lipinski definition) is 6. The normalized spacial score (nSPS) is 11.8. The zero-order chi connectivity index (χ0) is 24.5. The molecule has 1 N–H and O–H groups in total. The van der Waals surface area contributed by atoms with E-state index in [1.807, 2.05) is 0 Å².